The second kappa shape index (κ2) is 6.75. The Morgan fingerprint density at radius 2 is 1.89 bits per heavy atom. The fraction of sp³-hybridized carbons (Fsp3) is 0.0526. The van der Waals surface area contributed by atoms with E-state index in [1.807, 2.05) is 0 Å². The summed E-state index contributed by atoms with van der Waals surface area (Å²) in [5.41, 5.74) is 1.44. The molecule has 0 amide bonds. The van der Waals surface area contributed by atoms with Crippen molar-refractivity contribution in [3.63, 3.8) is 0 Å². The Balaban J connectivity index is 1.54. The number of carbonyl (C=O) groups is 1. The maximum Gasteiger partial charge on any atom is 0.363 e. The van der Waals surface area contributed by atoms with Gasteiger partial charge in [0.15, 0.2) is 17.2 Å². The van der Waals surface area contributed by atoms with E-state index in [9.17, 15) is 14.9 Å². The van der Waals surface area contributed by atoms with Gasteiger partial charge in [-0.2, -0.15) is 0 Å². The summed E-state index contributed by atoms with van der Waals surface area (Å²) in [5, 5.41) is 10.8. The largest absolute Gasteiger partial charge is 0.454 e. The molecule has 0 aromatic heterocycles. The highest BCUT2D eigenvalue weighted by atomic mass is 16.7. The summed E-state index contributed by atoms with van der Waals surface area (Å²) < 4.78 is 15.7. The zero-order valence-electron chi connectivity index (χ0n) is 13.8. The fourth-order valence-electron chi connectivity index (χ4n) is 2.57. The number of benzene rings is 2. The molecule has 2 aliphatic rings. The number of cyclic esters (lactones) is 1. The fourth-order valence-corrected chi connectivity index (χ4v) is 2.57. The van der Waals surface area contributed by atoms with E-state index < -0.39 is 10.9 Å². The lowest BCUT2D eigenvalue weighted by Gasteiger charge is -1.97. The molecule has 0 atom stereocenters. The summed E-state index contributed by atoms with van der Waals surface area (Å²) in [4.78, 5) is 26.5. The van der Waals surface area contributed by atoms with E-state index in [0.29, 0.717) is 17.1 Å². The molecule has 4 rings (SSSR count). The second-order valence-corrected chi connectivity index (χ2v) is 5.67. The van der Waals surface area contributed by atoms with Crippen LogP contribution >= 0.6 is 0 Å². The minimum atomic E-state index is -0.577. The van der Waals surface area contributed by atoms with Crippen LogP contribution in [0.4, 0.5) is 5.69 Å². The van der Waals surface area contributed by atoms with Crippen LogP contribution in [0.5, 0.6) is 11.5 Å². The molecular formula is C19H12N2O6. The smallest absolute Gasteiger partial charge is 0.363 e. The number of rotatable bonds is 4. The van der Waals surface area contributed by atoms with Gasteiger partial charge in [0.25, 0.3) is 5.69 Å². The van der Waals surface area contributed by atoms with Crippen molar-refractivity contribution in [2.45, 2.75) is 0 Å². The highest BCUT2D eigenvalue weighted by molar-refractivity contribution is 6.11. The van der Waals surface area contributed by atoms with E-state index in [4.69, 9.17) is 14.2 Å². The molecule has 0 bridgehead atoms. The van der Waals surface area contributed by atoms with Crippen molar-refractivity contribution < 1.29 is 23.9 Å². The van der Waals surface area contributed by atoms with Gasteiger partial charge >= 0.3 is 5.97 Å². The Labute approximate surface area is 153 Å². The zero-order chi connectivity index (χ0) is 18.8. The molecule has 0 saturated carbocycles. The van der Waals surface area contributed by atoms with Crippen LogP contribution in [-0.2, 0) is 9.53 Å². The number of ether oxygens (including phenoxy) is 3. The Morgan fingerprint density at radius 1 is 1.04 bits per heavy atom. The summed E-state index contributed by atoms with van der Waals surface area (Å²) in [5.74, 6) is 0.783. The predicted molar refractivity (Wildman–Crippen MR) is 96.2 cm³/mol. The monoisotopic (exact) mass is 364 g/mol. The number of nitro groups is 1. The van der Waals surface area contributed by atoms with Crippen molar-refractivity contribution in [2.24, 2.45) is 4.99 Å². The number of aliphatic imine (C=N–C) groups is 1. The van der Waals surface area contributed by atoms with E-state index in [2.05, 4.69) is 4.99 Å². The minimum Gasteiger partial charge on any atom is -0.454 e. The van der Waals surface area contributed by atoms with Crippen LogP contribution in [0.15, 0.2) is 59.2 Å². The molecule has 0 unspecified atom stereocenters. The maximum absolute atomic E-state index is 12.0. The second-order valence-electron chi connectivity index (χ2n) is 5.67. The maximum atomic E-state index is 12.0. The highest BCUT2D eigenvalue weighted by Gasteiger charge is 2.22. The summed E-state index contributed by atoms with van der Waals surface area (Å²) in [6, 6.07) is 11.4. The number of hydrogen-bond acceptors (Lipinski definition) is 7. The van der Waals surface area contributed by atoms with Crippen molar-refractivity contribution in [1.29, 1.82) is 0 Å². The number of hydrogen-bond donors (Lipinski definition) is 0. The lowest BCUT2D eigenvalue weighted by Crippen LogP contribution is -2.01. The summed E-state index contributed by atoms with van der Waals surface area (Å²) >= 11 is 0. The molecule has 2 heterocycles. The molecule has 8 heteroatoms. The SMILES string of the molecule is O=C1OC(/C=C\c2cccc([N+](=O)[O-])c2)=NC/1=C/c1ccc2c(c1)OCO2. The molecule has 0 saturated heterocycles. The topological polar surface area (TPSA) is 100 Å². The molecule has 0 aliphatic carbocycles. The van der Waals surface area contributed by atoms with E-state index in [1.54, 1.807) is 42.5 Å². The first-order valence-electron chi connectivity index (χ1n) is 7.93. The third-order valence-electron chi connectivity index (χ3n) is 3.84. The van der Waals surface area contributed by atoms with Gasteiger partial charge in [0.2, 0.25) is 12.7 Å². The molecular weight excluding hydrogens is 352 g/mol. The van der Waals surface area contributed by atoms with Crippen LogP contribution in [-0.4, -0.2) is 23.6 Å². The minimum absolute atomic E-state index is 0.0223. The molecule has 8 nitrogen and oxygen atoms in total. The Kier molecular flexibility index (Phi) is 4.13. The first-order chi connectivity index (χ1) is 13.1. The first kappa shape index (κ1) is 16.5. The first-order valence-corrected chi connectivity index (χ1v) is 7.93. The Bertz CT molecular complexity index is 1040. The van der Waals surface area contributed by atoms with E-state index in [0.717, 1.165) is 5.56 Å². The molecule has 2 aliphatic heterocycles. The average molecular weight is 364 g/mol. The van der Waals surface area contributed by atoms with Gasteiger partial charge in [-0.05, 0) is 35.4 Å². The number of non-ortho nitro benzene ring substituents is 1. The molecule has 0 fully saturated rings. The van der Waals surface area contributed by atoms with Crippen LogP contribution in [0, 0.1) is 10.1 Å². The van der Waals surface area contributed by atoms with Crippen molar-refractivity contribution in [3.05, 3.63) is 75.5 Å². The standard InChI is InChI=1S/C19H12N2O6/c22-19-15(9-13-4-6-16-17(10-13)26-11-25-16)20-18(27-19)7-5-12-2-1-3-14(8-12)21(23)24/h1-10H,11H2/b7-5-,15-9+. The van der Waals surface area contributed by atoms with Gasteiger partial charge in [-0.3, -0.25) is 10.1 Å². The van der Waals surface area contributed by atoms with E-state index in [-0.39, 0.29) is 24.1 Å². The third-order valence-corrected chi connectivity index (χ3v) is 3.84. The van der Waals surface area contributed by atoms with Gasteiger partial charge < -0.3 is 14.2 Å². The van der Waals surface area contributed by atoms with Gasteiger partial charge in [0, 0.05) is 18.2 Å². The van der Waals surface area contributed by atoms with Gasteiger partial charge in [0.05, 0.1) is 4.92 Å². The van der Waals surface area contributed by atoms with Gasteiger partial charge in [-0.15, -0.1) is 0 Å². The number of nitro benzene ring substituents is 1. The number of fused-ring (bicyclic) bond motifs is 1. The average Bonchev–Trinajstić information content (AvgIpc) is 3.26. The Hall–Kier alpha value is -3.94. The van der Waals surface area contributed by atoms with Gasteiger partial charge in [-0.25, -0.2) is 9.79 Å². The molecule has 0 radical (unpaired) electrons. The molecule has 134 valence electrons. The van der Waals surface area contributed by atoms with Crippen molar-refractivity contribution in [2.75, 3.05) is 6.79 Å². The number of carbonyl (C=O) groups excluding carboxylic acids is 1. The normalized spacial score (nSPS) is 16.7. The van der Waals surface area contributed by atoms with Crippen LogP contribution in [0.2, 0.25) is 0 Å². The van der Waals surface area contributed by atoms with Gasteiger partial charge in [-0.1, -0.05) is 18.2 Å². The van der Waals surface area contributed by atoms with Gasteiger partial charge in [0.1, 0.15) is 0 Å². The molecule has 2 aromatic rings. The number of esters is 1. The molecule has 0 N–H and O–H groups in total. The lowest BCUT2D eigenvalue weighted by molar-refractivity contribution is -0.384. The van der Waals surface area contributed by atoms with E-state index >= 15 is 0 Å². The summed E-state index contributed by atoms with van der Waals surface area (Å²) in [6.07, 6.45) is 4.65. The van der Waals surface area contributed by atoms with Crippen LogP contribution in [0.3, 0.4) is 0 Å². The van der Waals surface area contributed by atoms with Crippen LogP contribution in [0.25, 0.3) is 12.2 Å². The number of nitrogens with zero attached hydrogens (tertiary/aromatic N) is 2. The molecule has 2 aromatic carbocycles. The molecule has 27 heavy (non-hydrogen) atoms. The van der Waals surface area contributed by atoms with Crippen molar-refractivity contribution in [3.8, 4) is 11.5 Å². The summed E-state index contributed by atoms with van der Waals surface area (Å²) in [6.45, 7) is 0.169. The van der Waals surface area contributed by atoms with E-state index in [1.165, 1.54) is 18.2 Å². The summed E-state index contributed by atoms with van der Waals surface area (Å²) in [7, 11) is 0. The zero-order valence-corrected chi connectivity index (χ0v) is 13.8. The van der Waals surface area contributed by atoms with Crippen molar-refractivity contribution >= 4 is 29.7 Å². The van der Waals surface area contributed by atoms with Crippen molar-refractivity contribution in [1.82, 2.24) is 0 Å². The predicted octanol–water partition coefficient (Wildman–Crippen LogP) is 3.33. The van der Waals surface area contributed by atoms with Crippen LogP contribution in [0.1, 0.15) is 11.1 Å². The molecule has 0 spiro atoms. The quantitative estimate of drug-likeness (QED) is 0.357. The Morgan fingerprint density at radius 3 is 2.74 bits per heavy atom. The van der Waals surface area contributed by atoms with Crippen LogP contribution < -0.4 is 9.47 Å². The third kappa shape index (κ3) is 3.54. The highest BCUT2D eigenvalue weighted by Crippen LogP contribution is 2.33. The lowest BCUT2D eigenvalue weighted by atomic mass is 10.1.